The Morgan fingerprint density at radius 1 is 1.47 bits per heavy atom. The zero-order valence-electron chi connectivity index (χ0n) is 9.50. The lowest BCUT2D eigenvalue weighted by Crippen LogP contribution is -2.32. The first kappa shape index (κ1) is 12.8. The molecule has 3 nitrogen and oxygen atoms in total. The second-order valence-electron chi connectivity index (χ2n) is 4.18. The highest BCUT2D eigenvalue weighted by Crippen LogP contribution is 2.28. The summed E-state index contributed by atoms with van der Waals surface area (Å²) in [5.74, 6) is 0.204. The van der Waals surface area contributed by atoms with Gasteiger partial charge >= 0.3 is 0 Å². The van der Waals surface area contributed by atoms with Crippen LogP contribution in [0.2, 0.25) is 0 Å². The molecule has 88 valence electrons. The fraction of sp³-hybridized carbons (Fsp3) is 0.909. The number of amides is 1. The van der Waals surface area contributed by atoms with E-state index in [-0.39, 0.29) is 5.91 Å². The Kier molecular flexibility index (Phi) is 6.10. The van der Waals surface area contributed by atoms with Crippen molar-refractivity contribution in [2.45, 2.75) is 49.8 Å². The summed E-state index contributed by atoms with van der Waals surface area (Å²) in [5, 5.41) is 3.86. The van der Waals surface area contributed by atoms with Crippen LogP contribution < -0.4 is 11.1 Å². The minimum atomic E-state index is 0.204. The molecule has 0 spiro atoms. The summed E-state index contributed by atoms with van der Waals surface area (Å²) in [5.41, 5.74) is 5.38. The molecule has 1 fully saturated rings. The van der Waals surface area contributed by atoms with E-state index in [0.717, 1.165) is 30.9 Å². The van der Waals surface area contributed by atoms with Crippen molar-refractivity contribution < 1.29 is 4.79 Å². The summed E-state index contributed by atoms with van der Waals surface area (Å²) < 4.78 is 0. The van der Waals surface area contributed by atoms with E-state index in [1.165, 1.54) is 6.42 Å². The number of hydrogen-bond donors (Lipinski definition) is 2. The summed E-state index contributed by atoms with van der Waals surface area (Å²) in [4.78, 5) is 11.5. The summed E-state index contributed by atoms with van der Waals surface area (Å²) in [7, 11) is 0. The van der Waals surface area contributed by atoms with E-state index in [1.54, 1.807) is 0 Å². The van der Waals surface area contributed by atoms with Gasteiger partial charge in [-0.05, 0) is 44.9 Å². The molecular formula is C11H22N2OS. The molecule has 0 aromatic carbocycles. The van der Waals surface area contributed by atoms with Crippen molar-refractivity contribution in [3.63, 3.8) is 0 Å². The number of nitrogens with two attached hydrogens (primary N) is 1. The van der Waals surface area contributed by atoms with Crippen molar-refractivity contribution in [2.75, 3.05) is 12.8 Å². The lowest BCUT2D eigenvalue weighted by molar-refractivity contribution is -0.121. The second kappa shape index (κ2) is 7.12. The van der Waals surface area contributed by atoms with Gasteiger partial charge < -0.3 is 11.1 Å². The third kappa shape index (κ3) is 4.89. The maximum atomic E-state index is 11.5. The lowest BCUT2D eigenvalue weighted by Gasteiger charge is -2.12. The number of rotatable bonds is 6. The van der Waals surface area contributed by atoms with E-state index < -0.39 is 0 Å². The Morgan fingerprint density at radius 2 is 2.27 bits per heavy atom. The highest BCUT2D eigenvalue weighted by molar-refractivity contribution is 7.99. The van der Waals surface area contributed by atoms with E-state index in [2.05, 4.69) is 11.6 Å². The molecule has 2 unspecified atom stereocenters. The molecule has 0 aromatic rings. The van der Waals surface area contributed by atoms with Crippen LogP contribution in [0.3, 0.4) is 0 Å². The van der Waals surface area contributed by atoms with E-state index >= 15 is 0 Å². The van der Waals surface area contributed by atoms with Crippen LogP contribution in [0.5, 0.6) is 0 Å². The van der Waals surface area contributed by atoms with Gasteiger partial charge in [-0.15, -0.1) is 0 Å². The fourth-order valence-electron chi connectivity index (χ4n) is 2.02. The zero-order valence-corrected chi connectivity index (χ0v) is 10.3. The standard InChI is InChI=1S/C11H22N2OS/c1-15-10-6-5-9(8-10)13-11(14)4-2-3-7-12/h9-10H,2-8,12H2,1H3,(H,13,14). The van der Waals surface area contributed by atoms with Crippen LogP contribution in [-0.2, 0) is 4.79 Å². The van der Waals surface area contributed by atoms with Crippen LogP contribution in [0, 0.1) is 0 Å². The van der Waals surface area contributed by atoms with Crippen LogP contribution >= 0.6 is 11.8 Å². The summed E-state index contributed by atoms with van der Waals surface area (Å²) in [6.07, 6.45) is 8.19. The maximum absolute atomic E-state index is 11.5. The highest BCUT2D eigenvalue weighted by Gasteiger charge is 2.24. The average Bonchev–Trinajstić information content (AvgIpc) is 2.66. The molecule has 1 aliphatic carbocycles. The topological polar surface area (TPSA) is 55.1 Å². The van der Waals surface area contributed by atoms with E-state index in [1.807, 2.05) is 11.8 Å². The molecule has 0 radical (unpaired) electrons. The summed E-state index contributed by atoms with van der Waals surface area (Å²) >= 11 is 1.92. The van der Waals surface area contributed by atoms with Crippen LogP contribution in [0.25, 0.3) is 0 Å². The summed E-state index contributed by atoms with van der Waals surface area (Å²) in [6.45, 7) is 0.686. The van der Waals surface area contributed by atoms with Gasteiger partial charge in [-0.3, -0.25) is 4.79 Å². The minimum absolute atomic E-state index is 0.204. The Balaban J connectivity index is 2.10. The van der Waals surface area contributed by atoms with Gasteiger partial charge in [0.1, 0.15) is 0 Å². The lowest BCUT2D eigenvalue weighted by atomic mass is 10.2. The number of hydrogen-bond acceptors (Lipinski definition) is 3. The Bertz CT molecular complexity index is 199. The molecule has 3 N–H and O–H groups in total. The van der Waals surface area contributed by atoms with Crippen LogP contribution in [0.1, 0.15) is 38.5 Å². The number of carbonyl (C=O) groups excluding carboxylic acids is 1. The van der Waals surface area contributed by atoms with Crippen LogP contribution in [-0.4, -0.2) is 30.0 Å². The molecule has 1 aliphatic rings. The molecule has 1 saturated carbocycles. The number of nitrogens with one attached hydrogen (secondary N) is 1. The first-order valence-corrected chi connectivity index (χ1v) is 7.07. The minimum Gasteiger partial charge on any atom is -0.353 e. The largest absolute Gasteiger partial charge is 0.353 e. The van der Waals surface area contributed by atoms with E-state index in [0.29, 0.717) is 19.0 Å². The summed E-state index contributed by atoms with van der Waals surface area (Å²) in [6, 6.07) is 0.424. The third-order valence-electron chi connectivity index (χ3n) is 2.94. The monoisotopic (exact) mass is 230 g/mol. The molecule has 0 aliphatic heterocycles. The molecule has 1 amide bonds. The predicted molar refractivity (Wildman–Crippen MR) is 66.0 cm³/mol. The van der Waals surface area contributed by atoms with Gasteiger partial charge in [-0.1, -0.05) is 0 Å². The molecular weight excluding hydrogens is 208 g/mol. The van der Waals surface area contributed by atoms with Gasteiger partial charge in [0.25, 0.3) is 0 Å². The Hall–Kier alpha value is -0.220. The number of carbonyl (C=O) groups is 1. The quantitative estimate of drug-likeness (QED) is 0.680. The molecule has 0 heterocycles. The molecule has 0 aromatic heterocycles. The van der Waals surface area contributed by atoms with Crippen molar-refractivity contribution in [1.29, 1.82) is 0 Å². The molecule has 0 bridgehead atoms. The normalized spacial score (nSPS) is 25.5. The average molecular weight is 230 g/mol. The maximum Gasteiger partial charge on any atom is 0.220 e. The smallest absolute Gasteiger partial charge is 0.220 e. The highest BCUT2D eigenvalue weighted by atomic mass is 32.2. The number of unbranched alkanes of at least 4 members (excludes halogenated alkanes) is 1. The third-order valence-corrected chi connectivity index (χ3v) is 4.04. The van der Waals surface area contributed by atoms with Crippen molar-refractivity contribution in [1.82, 2.24) is 5.32 Å². The van der Waals surface area contributed by atoms with Crippen LogP contribution in [0.4, 0.5) is 0 Å². The fourth-order valence-corrected chi connectivity index (χ4v) is 2.81. The van der Waals surface area contributed by atoms with Crippen molar-refractivity contribution >= 4 is 17.7 Å². The first-order valence-electron chi connectivity index (χ1n) is 5.78. The Morgan fingerprint density at radius 3 is 2.87 bits per heavy atom. The molecule has 2 atom stereocenters. The van der Waals surface area contributed by atoms with Gasteiger partial charge in [0.2, 0.25) is 5.91 Å². The zero-order chi connectivity index (χ0) is 11.1. The van der Waals surface area contributed by atoms with Gasteiger partial charge in [-0.25, -0.2) is 0 Å². The second-order valence-corrected chi connectivity index (χ2v) is 5.32. The predicted octanol–water partition coefficient (Wildman–Crippen LogP) is 1.52. The molecule has 4 heteroatoms. The first-order chi connectivity index (χ1) is 7.26. The van der Waals surface area contributed by atoms with Crippen molar-refractivity contribution in [2.24, 2.45) is 5.73 Å². The van der Waals surface area contributed by atoms with Gasteiger partial charge in [-0.2, -0.15) is 11.8 Å². The van der Waals surface area contributed by atoms with Gasteiger partial charge in [0, 0.05) is 17.7 Å². The van der Waals surface area contributed by atoms with Gasteiger partial charge in [0.05, 0.1) is 0 Å². The van der Waals surface area contributed by atoms with E-state index in [9.17, 15) is 4.79 Å². The van der Waals surface area contributed by atoms with Crippen molar-refractivity contribution in [3.05, 3.63) is 0 Å². The number of thioether (sulfide) groups is 1. The van der Waals surface area contributed by atoms with Gasteiger partial charge in [0.15, 0.2) is 0 Å². The van der Waals surface area contributed by atoms with Crippen LogP contribution in [0.15, 0.2) is 0 Å². The molecule has 1 rings (SSSR count). The SMILES string of the molecule is CSC1CCC(NC(=O)CCCCN)C1. The molecule has 15 heavy (non-hydrogen) atoms. The molecule has 0 saturated heterocycles. The van der Waals surface area contributed by atoms with Crippen molar-refractivity contribution in [3.8, 4) is 0 Å². The Labute approximate surface area is 96.6 Å². The van der Waals surface area contributed by atoms with E-state index in [4.69, 9.17) is 5.73 Å².